The number of fused-ring (bicyclic) bond motifs is 7. The van der Waals surface area contributed by atoms with Gasteiger partial charge in [0.2, 0.25) is 0 Å². The van der Waals surface area contributed by atoms with Crippen LogP contribution in [0, 0.1) is 0 Å². The number of para-hydroxylation sites is 1. The van der Waals surface area contributed by atoms with Crippen molar-refractivity contribution in [3.63, 3.8) is 0 Å². The van der Waals surface area contributed by atoms with Crippen LogP contribution in [0.4, 0.5) is 17.1 Å². The number of rotatable bonds is 6. The van der Waals surface area contributed by atoms with Crippen LogP contribution in [0.1, 0.15) is 0 Å². The summed E-state index contributed by atoms with van der Waals surface area (Å²) in [6, 6.07) is 72.3. The van der Waals surface area contributed by atoms with Crippen molar-refractivity contribution in [3.05, 3.63) is 200 Å². The van der Waals surface area contributed by atoms with Crippen molar-refractivity contribution in [1.82, 2.24) is 0 Å². The minimum absolute atomic E-state index is 0.902. The van der Waals surface area contributed by atoms with Crippen molar-refractivity contribution >= 4 is 81.3 Å². The predicted octanol–water partition coefficient (Wildman–Crippen LogP) is 15.6. The van der Waals surface area contributed by atoms with Crippen molar-refractivity contribution in [2.45, 2.75) is 0 Å². The van der Waals surface area contributed by atoms with Crippen LogP contribution in [-0.2, 0) is 0 Å². The van der Waals surface area contributed by atoms with E-state index in [2.05, 4.69) is 193 Å². The molecule has 0 aliphatic heterocycles. The molecule has 0 saturated carbocycles. The van der Waals surface area contributed by atoms with E-state index in [-0.39, 0.29) is 0 Å². The van der Waals surface area contributed by atoms with E-state index in [1.54, 1.807) is 0 Å². The molecule has 0 amide bonds. The van der Waals surface area contributed by atoms with Gasteiger partial charge in [0.1, 0.15) is 11.2 Å². The molecule has 0 radical (unpaired) electrons. The van der Waals surface area contributed by atoms with E-state index in [0.717, 1.165) is 50.1 Å². The molecule has 9 aromatic carbocycles. The summed E-state index contributed by atoms with van der Waals surface area (Å²) >= 11 is 1.87. The number of benzene rings is 9. The van der Waals surface area contributed by atoms with E-state index in [1.165, 1.54) is 53.2 Å². The Hall–Kier alpha value is -6.94. The molecule has 0 fully saturated rings. The normalized spacial score (nSPS) is 11.6. The van der Waals surface area contributed by atoms with Crippen LogP contribution >= 0.6 is 11.3 Å². The molecule has 2 nitrogen and oxygen atoms in total. The first-order chi connectivity index (χ1) is 27.2. The molecule has 11 rings (SSSR count). The zero-order chi connectivity index (χ0) is 36.3. The fourth-order valence-corrected chi connectivity index (χ4v) is 9.47. The summed E-state index contributed by atoms with van der Waals surface area (Å²) < 4.78 is 8.80. The summed E-state index contributed by atoms with van der Waals surface area (Å²) in [5.41, 5.74) is 12.3. The van der Waals surface area contributed by atoms with Gasteiger partial charge in [-0.15, -0.1) is 11.3 Å². The van der Waals surface area contributed by atoms with Crippen LogP contribution in [0.3, 0.4) is 0 Å². The summed E-state index contributed by atoms with van der Waals surface area (Å²) in [5, 5.41) is 7.38. The molecule has 0 saturated heterocycles. The molecule has 2 heterocycles. The summed E-state index contributed by atoms with van der Waals surface area (Å²) in [6.45, 7) is 0. The highest BCUT2D eigenvalue weighted by Gasteiger charge is 2.17. The lowest BCUT2D eigenvalue weighted by atomic mass is 9.97. The van der Waals surface area contributed by atoms with E-state index >= 15 is 0 Å². The fraction of sp³-hybridized carbons (Fsp3) is 0. The summed E-state index contributed by atoms with van der Waals surface area (Å²) in [5.74, 6) is 0. The average Bonchev–Trinajstić information content (AvgIpc) is 3.82. The summed E-state index contributed by atoms with van der Waals surface area (Å²) in [4.78, 5) is 2.39. The number of nitrogens with zero attached hydrogens (tertiary/aromatic N) is 1. The van der Waals surface area contributed by atoms with Crippen LogP contribution in [-0.4, -0.2) is 0 Å². The Morgan fingerprint density at radius 2 is 0.945 bits per heavy atom. The van der Waals surface area contributed by atoms with Gasteiger partial charge in [-0.1, -0.05) is 140 Å². The highest BCUT2D eigenvalue weighted by Crippen LogP contribution is 2.43. The third kappa shape index (κ3) is 5.40. The van der Waals surface area contributed by atoms with Gasteiger partial charge in [-0.3, -0.25) is 0 Å². The SMILES string of the molecule is c1cc(-c2ccc3oc4ccccc4c3c2)cc(N(c2ccc(-c3cccc4ccccc34)cc2)c2cccc(-c3cccc4c3sc3ccccc34)c2)c1. The Morgan fingerprint density at radius 1 is 0.345 bits per heavy atom. The van der Waals surface area contributed by atoms with Crippen LogP contribution in [0.25, 0.3) is 86.3 Å². The molecule has 0 aliphatic rings. The Labute approximate surface area is 322 Å². The van der Waals surface area contributed by atoms with Gasteiger partial charge >= 0.3 is 0 Å². The highest BCUT2D eigenvalue weighted by molar-refractivity contribution is 7.26. The van der Waals surface area contributed by atoms with Gasteiger partial charge in [0.25, 0.3) is 0 Å². The quantitative estimate of drug-likeness (QED) is 0.170. The molecular weight excluding hydrogens is 687 g/mol. The first-order valence-corrected chi connectivity index (χ1v) is 19.5. The molecule has 0 aliphatic carbocycles. The lowest BCUT2D eigenvalue weighted by Crippen LogP contribution is -2.10. The molecular formula is C52H33NOS. The van der Waals surface area contributed by atoms with Gasteiger partial charge in [0.05, 0.1) is 0 Å². The Balaban J connectivity index is 1.06. The van der Waals surface area contributed by atoms with Crippen molar-refractivity contribution < 1.29 is 4.42 Å². The second-order valence-corrected chi connectivity index (χ2v) is 15.2. The van der Waals surface area contributed by atoms with Gasteiger partial charge < -0.3 is 9.32 Å². The largest absolute Gasteiger partial charge is 0.456 e. The monoisotopic (exact) mass is 719 g/mol. The number of hydrogen-bond donors (Lipinski definition) is 0. The molecule has 11 aromatic rings. The van der Waals surface area contributed by atoms with Gasteiger partial charge in [-0.05, 0) is 105 Å². The van der Waals surface area contributed by atoms with E-state index in [9.17, 15) is 0 Å². The van der Waals surface area contributed by atoms with E-state index < -0.39 is 0 Å². The fourth-order valence-electron chi connectivity index (χ4n) is 8.23. The molecule has 258 valence electrons. The number of anilines is 3. The molecule has 3 heteroatoms. The topological polar surface area (TPSA) is 16.4 Å². The Bertz CT molecular complexity index is 3220. The maximum absolute atomic E-state index is 6.17. The van der Waals surface area contributed by atoms with E-state index in [0.29, 0.717) is 0 Å². The number of hydrogen-bond acceptors (Lipinski definition) is 3. The summed E-state index contributed by atoms with van der Waals surface area (Å²) in [6.07, 6.45) is 0. The third-order valence-corrected chi connectivity index (χ3v) is 12.1. The summed E-state index contributed by atoms with van der Waals surface area (Å²) in [7, 11) is 0. The van der Waals surface area contributed by atoms with E-state index in [4.69, 9.17) is 4.42 Å². The zero-order valence-corrected chi connectivity index (χ0v) is 30.6. The van der Waals surface area contributed by atoms with Crippen molar-refractivity contribution in [2.75, 3.05) is 4.90 Å². The zero-order valence-electron chi connectivity index (χ0n) is 29.8. The van der Waals surface area contributed by atoms with Crippen molar-refractivity contribution in [3.8, 4) is 33.4 Å². The highest BCUT2D eigenvalue weighted by atomic mass is 32.1. The Morgan fingerprint density at radius 3 is 1.82 bits per heavy atom. The maximum atomic E-state index is 6.17. The van der Waals surface area contributed by atoms with Crippen LogP contribution < -0.4 is 4.90 Å². The smallest absolute Gasteiger partial charge is 0.135 e. The number of furan rings is 1. The molecule has 55 heavy (non-hydrogen) atoms. The van der Waals surface area contributed by atoms with Crippen LogP contribution in [0.15, 0.2) is 205 Å². The lowest BCUT2D eigenvalue weighted by Gasteiger charge is -2.27. The molecule has 0 bridgehead atoms. The minimum atomic E-state index is 0.902. The first kappa shape index (κ1) is 31.6. The molecule has 0 spiro atoms. The van der Waals surface area contributed by atoms with E-state index in [1.807, 2.05) is 23.5 Å². The molecule has 0 atom stereocenters. The molecule has 0 unspecified atom stereocenters. The molecule has 2 aromatic heterocycles. The molecule has 0 N–H and O–H groups in total. The van der Waals surface area contributed by atoms with Gasteiger partial charge in [-0.25, -0.2) is 0 Å². The average molecular weight is 720 g/mol. The third-order valence-electron chi connectivity index (χ3n) is 10.9. The predicted molar refractivity (Wildman–Crippen MR) is 235 cm³/mol. The lowest BCUT2D eigenvalue weighted by molar-refractivity contribution is 0.669. The minimum Gasteiger partial charge on any atom is -0.456 e. The van der Waals surface area contributed by atoms with Crippen molar-refractivity contribution in [1.29, 1.82) is 0 Å². The second kappa shape index (κ2) is 12.9. The van der Waals surface area contributed by atoms with Gasteiger partial charge in [-0.2, -0.15) is 0 Å². The Kier molecular flexibility index (Phi) is 7.39. The van der Waals surface area contributed by atoms with Crippen LogP contribution in [0.5, 0.6) is 0 Å². The second-order valence-electron chi connectivity index (χ2n) is 14.1. The first-order valence-electron chi connectivity index (χ1n) is 18.7. The maximum Gasteiger partial charge on any atom is 0.135 e. The van der Waals surface area contributed by atoms with Crippen LogP contribution in [0.2, 0.25) is 0 Å². The number of thiophene rings is 1. The van der Waals surface area contributed by atoms with Gasteiger partial charge in [0.15, 0.2) is 0 Å². The standard InChI is InChI=1S/C52H33NOS/c1-2-17-42-34(11-1)12-9-20-43(42)35-25-28-39(29-26-35)53(40-15-7-13-36(31-40)37-27-30-50-48(33-37)45-18-3-5-23-49(45)54-50)41-16-8-14-38(32-41)44-21-10-22-47-46-19-4-6-24-51(46)55-52(44)47/h1-33H. The van der Waals surface area contributed by atoms with Gasteiger partial charge in [0, 0.05) is 48.0 Å². The van der Waals surface area contributed by atoms with Crippen molar-refractivity contribution in [2.24, 2.45) is 0 Å².